The van der Waals surface area contributed by atoms with Gasteiger partial charge in [-0.25, -0.2) is 4.79 Å². The van der Waals surface area contributed by atoms with Crippen LogP contribution in [-0.2, 0) is 14.3 Å². The highest BCUT2D eigenvalue weighted by molar-refractivity contribution is 5.96. The number of rotatable bonds is 7. The van der Waals surface area contributed by atoms with Crippen molar-refractivity contribution in [2.75, 3.05) is 17.2 Å². The Hall–Kier alpha value is -3.75. The minimum Gasteiger partial charge on any atom is -0.508 e. The number of benzene rings is 2. The number of ether oxygens (including phenoxy) is 2. The molecule has 0 bridgehead atoms. The summed E-state index contributed by atoms with van der Waals surface area (Å²) >= 11 is 0. The third-order valence-electron chi connectivity index (χ3n) is 3.75. The van der Waals surface area contributed by atoms with E-state index in [0.29, 0.717) is 17.1 Å². The summed E-state index contributed by atoms with van der Waals surface area (Å²) in [6, 6.07) is 12.6. The molecule has 4 N–H and O–H groups in total. The van der Waals surface area contributed by atoms with Crippen LogP contribution in [0.3, 0.4) is 0 Å². The quantitative estimate of drug-likeness (QED) is 0.535. The highest BCUT2D eigenvalue weighted by atomic mass is 16.6. The lowest BCUT2D eigenvalue weighted by atomic mass is 10.2. The first kappa shape index (κ1) is 23.5. The second kappa shape index (κ2) is 10.3. The van der Waals surface area contributed by atoms with Crippen molar-refractivity contribution in [3.63, 3.8) is 0 Å². The van der Waals surface area contributed by atoms with E-state index in [4.69, 9.17) is 9.47 Å². The summed E-state index contributed by atoms with van der Waals surface area (Å²) in [4.78, 5) is 35.8. The smallest absolute Gasteiger partial charge is 0.408 e. The zero-order valence-corrected chi connectivity index (χ0v) is 17.9. The number of amides is 3. The van der Waals surface area contributed by atoms with Crippen molar-refractivity contribution in [2.45, 2.75) is 39.4 Å². The van der Waals surface area contributed by atoms with E-state index >= 15 is 0 Å². The standard InChI is InChI=1S/C22H27N3O6/c1-14(30-18-11-9-17(26)10-12-18)20(28)25-16-7-5-15(6-8-16)24-19(27)13-23-21(29)31-22(2,3)4/h5-12,14,26H,13H2,1-4H3,(H,23,29)(H,24,27)(H,25,28). The summed E-state index contributed by atoms with van der Waals surface area (Å²) in [6.07, 6.45) is -1.44. The van der Waals surface area contributed by atoms with Crippen LogP contribution in [0.2, 0.25) is 0 Å². The number of alkyl carbamates (subject to hydrolysis) is 1. The SMILES string of the molecule is CC(Oc1ccc(O)cc1)C(=O)Nc1ccc(NC(=O)CNC(=O)OC(C)(C)C)cc1. The number of phenols is 1. The minimum atomic E-state index is -0.761. The van der Waals surface area contributed by atoms with Crippen LogP contribution < -0.4 is 20.7 Å². The van der Waals surface area contributed by atoms with E-state index < -0.39 is 23.7 Å². The van der Waals surface area contributed by atoms with Crippen LogP contribution in [0.25, 0.3) is 0 Å². The molecule has 31 heavy (non-hydrogen) atoms. The highest BCUT2D eigenvalue weighted by Gasteiger charge is 2.17. The number of nitrogens with one attached hydrogen (secondary N) is 3. The maximum absolute atomic E-state index is 12.3. The van der Waals surface area contributed by atoms with E-state index in [9.17, 15) is 19.5 Å². The Kier molecular flexibility index (Phi) is 7.84. The predicted octanol–water partition coefficient (Wildman–Crippen LogP) is 3.26. The number of anilines is 2. The molecule has 9 heteroatoms. The van der Waals surface area contributed by atoms with Crippen molar-refractivity contribution in [3.05, 3.63) is 48.5 Å². The Morgan fingerprint density at radius 1 is 0.935 bits per heavy atom. The molecule has 166 valence electrons. The first-order chi connectivity index (χ1) is 14.5. The number of aromatic hydroxyl groups is 1. The molecular weight excluding hydrogens is 402 g/mol. The monoisotopic (exact) mass is 429 g/mol. The number of hydrogen-bond acceptors (Lipinski definition) is 6. The molecule has 0 heterocycles. The third kappa shape index (κ3) is 8.65. The molecule has 0 fully saturated rings. The fraction of sp³-hybridized carbons (Fsp3) is 0.318. The maximum atomic E-state index is 12.3. The van der Waals surface area contributed by atoms with E-state index in [1.807, 2.05) is 0 Å². The zero-order chi connectivity index (χ0) is 23.0. The van der Waals surface area contributed by atoms with Gasteiger partial charge in [0.25, 0.3) is 5.91 Å². The maximum Gasteiger partial charge on any atom is 0.408 e. The lowest BCUT2D eigenvalue weighted by Crippen LogP contribution is -2.37. The van der Waals surface area contributed by atoms with Gasteiger partial charge in [-0.3, -0.25) is 9.59 Å². The van der Waals surface area contributed by atoms with Crippen molar-refractivity contribution < 1.29 is 29.0 Å². The summed E-state index contributed by atoms with van der Waals surface area (Å²) in [6.45, 7) is 6.56. The highest BCUT2D eigenvalue weighted by Crippen LogP contribution is 2.18. The molecule has 3 amide bonds. The number of carbonyl (C=O) groups excluding carboxylic acids is 3. The second-order valence-corrected chi connectivity index (χ2v) is 7.72. The van der Waals surface area contributed by atoms with Gasteiger partial charge < -0.3 is 30.5 Å². The molecular formula is C22H27N3O6. The Morgan fingerprint density at radius 2 is 1.48 bits per heavy atom. The van der Waals surface area contributed by atoms with Gasteiger partial charge in [0.2, 0.25) is 5.91 Å². The van der Waals surface area contributed by atoms with Gasteiger partial charge in [0, 0.05) is 11.4 Å². The van der Waals surface area contributed by atoms with Gasteiger partial charge in [0.05, 0.1) is 0 Å². The molecule has 0 aromatic heterocycles. The summed E-state index contributed by atoms with van der Waals surface area (Å²) in [7, 11) is 0. The number of hydrogen-bond donors (Lipinski definition) is 4. The van der Waals surface area contributed by atoms with Gasteiger partial charge in [0.15, 0.2) is 6.10 Å². The van der Waals surface area contributed by atoms with Gasteiger partial charge in [-0.2, -0.15) is 0 Å². The van der Waals surface area contributed by atoms with Crippen LogP contribution in [0.1, 0.15) is 27.7 Å². The minimum absolute atomic E-state index is 0.109. The first-order valence-electron chi connectivity index (χ1n) is 9.65. The molecule has 2 aromatic carbocycles. The summed E-state index contributed by atoms with van der Waals surface area (Å²) in [5, 5.41) is 17.0. The first-order valence-corrected chi connectivity index (χ1v) is 9.65. The lowest BCUT2D eigenvalue weighted by molar-refractivity contribution is -0.122. The van der Waals surface area contributed by atoms with E-state index in [2.05, 4.69) is 16.0 Å². The summed E-state index contributed by atoms with van der Waals surface area (Å²) in [5.74, 6) is -0.208. The van der Waals surface area contributed by atoms with Gasteiger partial charge in [-0.15, -0.1) is 0 Å². The van der Waals surface area contributed by atoms with Gasteiger partial charge in [-0.1, -0.05) is 0 Å². The van der Waals surface area contributed by atoms with E-state index in [0.717, 1.165) is 0 Å². The molecule has 0 saturated carbocycles. The Morgan fingerprint density at radius 3 is 2.03 bits per heavy atom. The van der Waals surface area contributed by atoms with Gasteiger partial charge in [-0.05, 0) is 76.2 Å². The number of phenolic OH excluding ortho intramolecular Hbond substituents is 1. The zero-order valence-electron chi connectivity index (χ0n) is 17.9. The summed E-state index contributed by atoms with van der Waals surface area (Å²) in [5.41, 5.74) is 0.381. The molecule has 1 atom stereocenters. The molecule has 0 saturated heterocycles. The van der Waals surface area contributed by atoms with Crippen molar-refractivity contribution in [3.8, 4) is 11.5 Å². The fourth-order valence-electron chi connectivity index (χ4n) is 2.33. The molecule has 0 aliphatic rings. The van der Waals surface area contributed by atoms with Crippen LogP contribution >= 0.6 is 0 Å². The van der Waals surface area contributed by atoms with Crippen LogP contribution in [0, 0.1) is 0 Å². The molecule has 9 nitrogen and oxygen atoms in total. The van der Waals surface area contributed by atoms with Crippen LogP contribution in [0.4, 0.5) is 16.2 Å². The molecule has 0 spiro atoms. The molecule has 2 aromatic rings. The number of carbonyl (C=O) groups is 3. The molecule has 0 radical (unpaired) electrons. The van der Waals surface area contributed by atoms with Crippen LogP contribution in [-0.4, -0.2) is 41.3 Å². The molecule has 1 unspecified atom stereocenters. The largest absolute Gasteiger partial charge is 0.508 e. The molecule has 2 rings (SSSR count). The van der Waals surface area contributed by atoms with Crippen molar-refractivity contribution in [1.29, 1.82) is 0 Å². The Balaban J connectivity index is 1.80. The average Bonchev–Trinajstić information content (AvgIpc) is 2.68. The van der Waals surface area contributed by atoms with Crippen LogP contribution in [0.5, 0.6) is 11.5 Å². The second-order valence-electron chi connectivity index (χ2n) is 7.72. The topological polar surface area (TPSA) is 126 Å². The van der Waals surface area contributed by atoms with E-state index in [1.54, 1.807) is 64.1 Å². The Labute approximate surface area is 180 Å². The summed E-state index contributed by atoms with van der Waals surface area (Å²) < 4.78 is 10.6. The van der Waals surface area contributed by atoms with E-state index in [-0.39, 0.29) is 18.2 Å². The van der Waals surface area contributed by atoms with Crippen molar-refractivity contribution in [1.82, 2.24) is 5.32 Å². The normalized spacial score (nSPS) is 11.7. The Bertz CT molecular complexity index is 904. The van der Waals surface area contributed by atoms with Crippen LogP contribution in [0.15, 0.2) is 48.5 Å². The average molecular weight is 429 g/mol. The molecule has 0 aliphatic carbocycles. The van der Waals surface area contributed by atoms with Crippen molar-refractivity contribution >= 4 is 29.3 Å². The van der Waals surface area contributed by atoms with Crippen molar-refractivity contribution in [2.24, 2.45) is 0 Å². The fourth-order valence-corrected chi connectivity index (χ4v) is 2.33. The van der Waals surface area contributed by atoms with E-state index in [1.165, 1.54) is 12.1 Å². The van der Waals surface area contributed by atoms with Gasteiger partial charge in [0.1, 0.15) is 23.6 Å². The predicted molar refractivity (Wildman–Crippen MR) is 116 cm³/mol. The lowest BCUT2D eigenvalue weighted by Gasteiger charge is -2.19. The third-order valence-corrected chi connectivity index (χ3v) is 3.75. The molecule has 0 aliphatic heterocycles. The van der Waals surface area contributed by atoms with Gasteiger partial charge >= 0.3 is 6.09 Å².